The van der Waals surface area contributed by atoms with E-state index in [0.717, 1.165) is 12.8 Å². The number of nitrogens with zero attached hydrogens (tertiary/aromatic N) is 3. The molecule has 2 aliphatic carbocycles. The van der Waals surface area contributed by atoms with E-state index in [2.05, 4.69) is 10.6 Å². The zero-order valence-corrected chi connectivity index (χ0v) is 21.8. The first-order chi connectivity index (χ1) is 18.6. The Kier molecular flexibility index (Phi) is 7.91. The van der Waals surface area contributed by atoms with Crippen LogP contribution in [0.2, 0.25) is 0 Å². The smallest absolute Gasteiger partial charge is 0.348 e. The SMILES string of the molecule is N#CC1CC(C(=O)N2CCCC2)C(N2CC[C@@H](NC(=O)C3=CC(=O)NC4C(F)CCCC34)C2)C(C(F)(F)F)C1. The number of amides is 3. The van der Waals surface area contributed by atoms with Crippen molar-refractivity contribution in [2.75, 3.05) is 26.2 Å². The van der Waals surface area contributed by atoms with Crippen LogP contribution >= 0.6 is 0 Å². The molecule has 0 aromatic carbocycles. The molecule has 39 heavy (non-hydrogen) atoms. The molecule has 7 unspecified atom stereocenters. The van der Waals surface area contributed by atoms with Crippen LogP contribution in [0.25, 0.3) is 0 Å². The van der Waals surface area contributed by atoms with Crippen LogP contribution in [0, 0.1) is 35.0 Å². The highest BCUT2D eigenvalue weighted by Gasteiger charge is 2.56. The van der Waals surface area contributed by atoms with Crippen LogP contribution < -0.4 is 10.6 Å². The molecule has 5 rings (SSSR count). The third-order valence-electron chi connectivity index (χ3n) is 9.29. The molecule has 0 aromatic heterocycles. The molecule has 2 N–H and O–H groups in total. The van der Waals surface area contributed by atoms with Crippen molar-refractivity contribution in [1.82, 2.24) is 20.4 Å². The molecule has 4 fully saturated rings. The van der Waals surface area contributed by atoms with Crippen LogP contribution in [-0.2, 0) is 14.4 Å². The maximum absolute atomic E-state index is 14.5. The summed E-state index contributed by atoms with van der Waals surface area (Å²) in [7, 11) is 0. The van der Waals surface area contributed by atoms with Gasteiger partial charge in [-0.15, -0.1) is 0 Å². The summed E-state index contributed by atoms with van der Waals surface area (Å²) in [4.78, 5) is 42.1. The quantitative estimate of drug-likeness (QED) is 0.521. The summed E-state index contributed by atoms with van der Waals surface area (Å²) in [6.45, 7) is 1.42. The molecular formula is C27H35F4N5O3. The number of carbonyl (C=O) groups is 3. The molecule has 2 saturated carbocycles. The normalized spacial score (nSPS) is 37.5. The van der Waals surface area contributed by atoms with Gasteiger partial charge in [0.1, 0.15) is 6.17 Å². The van der Waals surface area contributed by atoms with Crippen LogP contribution in [0.3, 0.4) is 0 Å². The van der Waals surface area contributed by atoms with E-state index in [4.69, 9.17) is 0 Å². The number of hydrogen-bond donors (Lipinski definition) is 2. The summed E-state index contributed by atoms with van der Waals surface area (Å²) in [5, 5.41) is 15.0. The van der Waals surface area contributed by atoms with Crippen molar-refractivity contribution in [2.45, 2.75) is 81.8 Å². The molecule has 3 aliphatic heterocycles. The second-order valence-electron chi connectivity index (χ2n) is 11.7. The second kappa shape index (κ2) is 11.1. The third kappa shape index (κ3) is 5.65. The summed E-state index contributed by atoms with van der Waals surface area (Å²) in [6, 6.07) is -0.358. The minimum atomic E-state index is -4.58. The number of halogens is 4. The van der Waals surface area contributed by atoms with Crippen molar-refractivity contribution in [3.05, 3.63) is 11.6 Å². The maximum atomic E-state index is 14.5. The lowest BCUT2D eigenvalue weighted by atomic mass is 9.70. The lowest BCUT2D eigenvalue weighted by Crippen LogP contribution is -2.57. The molecule has 8 atom stereocenters. The number of rotatable bonds is 4. The number of nitriles is 1. The minimum absolute atomic E-state index is 0.0894. The van der Waals surface area contributed by atoms with E-state index in [1.165, 1.54) is 6.08 Å². The fraction of sp³-hybridized carbons (Fsp3) is 0.778. The first-order valence-corrected chi connectivity index (χ1v) is 14.0. The lowest BCUT2D eigenvalue weighted by Gasteiger charge is -2.45. The van der Waals surface area contributed by atoms with Gasteiger partial charge in [-0.1, -0.05) is 0 Å². The highest BCUT2D eigenvalue weighted by Crippen LogP contribution is 2.46. The fourth-order valence-electron chi connectivity index (χ4n) is 7.45. The topological polar surface area (TPSA) is 106 Å². The number of nitrogens with one attached hydrogen (secondary N) is 2. The van der Waals surface area contributed by atoms with E-state index < -0.39 is 66.0 Å². The number of carbonyl (C=O) groups excluding carboxylic acids is 3. The average molecular weight is 554 g/mol. The van der Waals surface area contributed by atoms with E-state index in [1.54, 1.807) is 9.80 Å². The maximum Gasteiger partial charge on any atom is 0.393 e. The number of hydrogen-bond acceptors (Lipinski definition) is 5. The summed E-state index contributed by atoms with van der Waals surface area (Å²) < 4.78 is 57.5. The van der Waals surface area contributed by atoms with Gasteiger partial charge >= 0.3 is 6.18 Å². The highest BCUT2D eigenvalue weighted by atomic mass is 19.4. The first kappa shape index (κ1) is 27.9. The number of fused-ring (bicyclic) bond motifs is 1. The molecule has 0 radical (unpaired) electrons. The van der Waals surface area contributed by atoms with Gasteiger partial charge in [-0.2, -0.15) is 18.4 Å². The summed E-state index contributed by atoms with van der Waals surface area (Å²) in [5.41, 5.74) is 0.217. The van der Waals surface area contributed by atoms with Gasteiger partial charge in [0, 0.05) is 61.7 Å². The highest BCUT2D eigenvalue weighted by molar-refractivity contribution is 6.03. The van der Waals surface area contributed by atoms with E-state index in [-0.39, 0.29) is 37.4 Å². The van der Waals surface area contributed by atoms with Gasteiger partial charge in [0.2, 0.25) is 17.7 Å². The fourth-order valence-corrected chi connectivity index (χ4v) is 7.45. The van der Waals surface area contributed by atoms with Crippen molar-refractivity contribution in [2.24, 2.45) is 23.7 Å². The van der Waals surface area contributed by atoms with Gasteiger partial charge in [0.05, 0.1) is 23.9 Å². The molecule has 0 aromatic rings. The molecule has 0 spiro atoms. The molecule has 12 heteroatoms. The van der Waals surface area contributed by atoms with E-state index in [9.17, 15) is 37.2 Å². The monoisotopic (exact) mass is 553 g/mol. The summed E-state index contributed by atoms with van der Waals surface area (Å²) in [5.74, 6) is -5.40. The van der Waals surface area contributed by atoms with Crippen molar-refractivity contribution >= 4 is 17.7 Å². The lowest BCUT2D eigenvalue weighted by molar-refractivity contribution is -0.209. The molecule has 3 amide bonds. The minimum Gasteiger partial charge on any atom is -0.348 e. The van der Waals surface area contributed by atoms with Gasteiger partial charge in [-0.3, -0.25) is 19.3 Å². The molecular weight excluding hydrogens is 518 g/mol. The third-order valence-corrected chi connectivity index (χ3v) is 9.29. The van der Waals surface area contributed by atoms with Crippen LogP contribution in [0.15, 0.2) is 11.6 Å². The molecule has 5 aliphatic rings. The molecule has 2 saturated heterocycles. The van der Waals surface area contributed by atoms with Gasteiger partial charge in [-0.05, 0) is 51.4 Å². The van der Waals surface area contributed by atoms with Gasteiger partial charge in [-0.25, -0.2) is 4.39 Å². The molecule has 0 bridgehead atoms. The number of likely N-dealkylation sites (tertiary alicyclic amines) is 2. The average Bonchev–Trinajstić information content (AvgIpc) is 3.60. The Hall–Kier alpha value is -2.68. The summed E-state index contributed by atoms with van der Waals surface area (Å²) in [6.07, 6.45) is -1.39. The molecule has 214 valence electrons. The Labute approximate surface area is 225 Å². The zero-order valence-electron chi connectivity index (χ0n) is 21.8. The predicted molar refractivity (Wildman–Crippen MR) is 131 cm³/mol. The second-order valence-corrected chi connectivity index (χ2v) is 11.7. The van der Waals surface area contributed by atoms with E-state index in [1.807, 2.05) is 6.07 Å². The van der Waals surface area contributed by atoms with Crippen molar-refractivity contribution in [3.8, 4) is 6.07 Å². The molecule has 3 heterocycles. The number of alkyl halides is 4. The van der Waals surface area contributed by atoms with Crippen LogP contribution in [0.5, 0.6) is 0 Å². The Bertz CT molecular complexity index is 1050. The Morgan fingerprint density at radius 3 is 2.51 bits per heavy atom. The van der Waals surface area contributed by atoms with Crippen molar-refractivity contribution < 1.29 is 31.9 Å². The van der Waals surface area contributed by atoms with Gasteiger partial charge in [0.15, 0.2) is 0 Å². The zero-order chi connectivity index (χ0) is 27.9. The van der Waals surface area contributed by atoms with Crippen LogP contribution in [-0.4, -0.2) is 84.2 Å². The summed E-state index contributed by atoms with van der Waals surface area (Å²) >= 11 is 0. The van der Waals surface area contributed by atoms with Crippen LogP contribution in [0.1, 0.15) is 51.4 Å². The van der Waals surface area contributed by atoms with Crippen molar-refractivity contribution in [3.63, 3.8) is 0 Å². The Morgan fingerprint density at radius 1 is 1.08 bits per heavy atom. The largest absolute Gasteiger partial charge is 0.393 e. The Balaban J connectivity index is 1.32. The molecule has 8 nitrogen and oxygen atoms in total. The van der Waals surface area contributed by atoms with Crippen molar-refractivity contribution in [1.29, 1.82) is 5.26 Å². The standard InChI is InChI=1S/C27H35F4N5O3/c28-21-5-3-4-17-18(12-22(37)34-23(17)21)25(38)33-16-6-9-36(14-16)24-19(26(39)35-7-1-2-8-35)10-15(13-32)11-20(24)27(29,30)31/h12,15-17,19-21,23-24H,1-11,14H2,(H,33,38)(H,34,37)/t15?,16-,17?,19?,20?,21?,23?,24?/m1/s1. The van der Waals surface area contributed by atoms with Crippen LogP contribution in [0.4, 0.5) is 17.6 Å². The van der Waals surface area contributed by atoms with E-state index in [0.29, 0.717) is 38.8 Å². The predicted octanol–water partition coefficient (Wildman–Crippen LogP) is 2.46. The van der Waals surface area contributed by atoms with E-state index >= 15 is 0 Å². The van der Waals surface area contributed by atoms with Gasteiger partial charge in [0.25, 0.3) is 0 Å². The van der Waals surface area contributed by atoms with Gasteiger partial charge < -0.3 is 15.5 Å². The Morgan fingerprint density at radius 2 is 1.82 bits per heavy atom. The first-order valence-electron chi connectivity index (χ1n) is 14.0.